The number of pyridine rings is 1. The minimum absolute atomic E-state index is 0.0472. The molecule has 0 fully saturated rings. The van der Waals surface area contributed by atoms with Crippen LogP contribution in [-0.2, 0) is 4.79 Å². The number of imidazole rings is 1. The van der Waals surface area contributed by atoms with Gasteiger partial charge in [-0.2, -0.15) is 0 Å². The maximum atomic E-state index is 11.9. The molecule has 0 aromatic carbocycles. The number of carboxylic acid groups (broad SMARTS) is 1. The summed E-state index contributed by atoms with van der Waals surface area (Å²) in [5.74, 6) is -1.77. The van der Waals surface area contributed by atoms with Gasteiger partial charge in [-0.15, -0.1) is 0 Å². The Morgan fingerprint density at radius 2 is 2.21 bits per heavy atom. The van der Waals surface area contributed by atoms with Gasteiger partial charge in [0, 0.05) is 25.4 Å². The molecule has 0 spiro atoms. The van der Waals surface area contributed by atoms with Gasteiger partial charge in [0.05, 0.1) is 0 Å². The number of carbonyl (C=O) groups is 2. The molecular weight excluding hydrogens is 250 g/mol. The highest BCUT2D eigenvalue weighted by atomic mass is 16.4. The highest BCUT2D eigenvalue weighted by molar-refractivity contribution is 5.95. The van der Waals surface area contributed by atoms with Crippen molar-refractivity contribution in [2.75, 3.05) is 6.61 Å². The second-order valence-electron chi connectivity index (χ2n) is 3.97. The molecule has 2 heterocycles. The van der Waals surface area contributed by atoms with Gasteiger partial charge in [0.25, 0.3) is 5.91 Å². The Labute approximate surface area is 108 Å². The number of aliphatic hydroxyl groups excluding tert-OH is 1. The first-order chi connectivity index (χ1) is 9.11. The van der Waals surface area contributed by atoms with Crippen LogP contribution in [-0.4, -0.2) is 44.1 Å². The summed E-state index contributed by atoms with van der Waals surface area (Å²) in [6, 6.07) is 4.19. The molecule has 0 saturated carbocycles. The molecular formula is C12H13N3O4. The topological polar surface area (TPSA) is 104 Å². The van der Waals surface area contributed by atoms with Gasteiger partial charge in [-0.1, -0.05) is 6.07 Å². The van der Waals surface area contributed by atoms with Gasteiger partial charge in [-0.3, -0.25) is 4.79 Å². The van der Waals surface area contributed by atoms with E-state index in [0.717, 1.165) is 0 Å². The van der Waals surface area contributed by atoms with Crippen LogP contribution in [0.1, 0.15) is 16.9 Å². The lowest BCUT2D eigenvalue weighted by atomic mass is 10.2. The van der Waals surface area contributed by atoms with Crippen LogP contribution >= 0.6 is 0 Å². The molecule has 1 amide bonds. The molecule has 7 nitrogen and oxygen atoms in total. The predicted octanol–water partition coefficient (Wildman–Crippen LogP) is -0.100. The number of nitrogens with zero attached hydrogens (tertiary/aromatic N) is 2. The van der Waals surface area contributed by atoms with Crippen molar-refractivity contribution < 1.29 is 19.8 Å². The molecule has 0 aliphatic heterocycles. The van der Waals surface area contributed by atoms with E-state index in [0.29, 0.717) is 5.65 Å². The second kappa shape index (κ2) is 5.49. The smallest absolute Gasteiger partial charge is 0.326 e. The van der Waals surface area contributed by atoms with E-state index in [9.17, 15) is 9.59 Å². The van der Waals surface area contributed by atoms with Gasteiger partial charge in [0.2, 0.25) is 0 Å². The number of amides is 1. The van der Waals surface area contributed by atoms with Crippen molar-refractivity contribution in [3.63, 3.8) is 0 Å². The molecule has 0 unspecified atom stereocenters. The van der Waals surface area contributed by atoms with Crippen molar-refractivity contribution in [1.82, 2.24) is 14.7 Å². The van der Waals surface area contributed by atoms with Crippen LogP contribution in [0, 0.1) is 0 Å². The summed E-state index contributed by atoms with van der Waals surface area (Å²) in [4.78, 5) is 26.8. The molecule has 100 valence electrons. The number of aliphatic carboxylic acids is 1. The summed E-state index contributed by atoms with van der Waals surface area (Å²) >= 11 is 0. The Hall–Kier alpha value is -2.41. The number of aromatic nitrogens is 2. The first-order valence-corrected chi connectivity index (χ1v) is 5.70. The second-order valence-corrected chi connectivity index (χ2v) is 3.97. The van der Waals surface area contributed by atoms with Gasteiger partial charge in [-0.05, 0) is 12.1 Å². The fourth-order valence-electron chi connectivity index (χ4n) is 1.66. The minimum atomic E-state index is -1.19. The Morgan fingerprint density at radius 3 is 2.84 bits per heavy atom. The molecule has 0 aliphatic carbocycles. The zero-order valence-electron chi connectivity index (χ0n) is 9.98. The summed E-state index contributed by atoms with van der Waals surface area (Å²) in [5, 5.41) is 20.0. The number of rotatable bonds is 5. The molecule has 1 atom stereocenters. The first kappa shape index (κ1) is 13.0. The fourth-order valence-corrected chi connectivity index (χ4v) is 1.66. The van der Waals surface area contributed by atoms with Gasteiger partial charge in [-0.25, -0.2) is 9.78 Å². The number of carboxylic acids is 1. The van der Waals surface area contributed by atoms with Crippen LogP contribution in [0.4, 0.5) is 0 Å². The van der Waals surface area contributed by atoms with Gasteiger partial charge in [0.1, 0.15) is 17.4 Å². The molecule has 19 heavy (non-hydrogen) atoms. The van der Waals surface area contributed by atoms with Crippen molar-refractivity contribution >= 4 is 17.5 Å². The third kappa shape index (κ3) is 2.89. The van der Waals surface area contributed by atoms with Gasteiger partial charge >= 0.3 is 5.97 Å². The maximum Gasteiger partial charge on any atom is 0.326 e. The van der Waals surface area contributed by atoms with Crippen LogP contribution in [0.25, 0.3) is 5.65 Å². The molecule has 2 rings (SSSR count). The molecule has 0 saturated heterocycles. The minimum Gasteiger partial charge on any atom is -0.480 e. The molecule has 7 heteroatoms. The molecule has 0 bridgehead atoms. The monoisotopic (exact) mass is 263 g/mol. The summed E-state index contributed by atoms with van der Waals surface area (Å²) in [6.07, 6.45) is 3.21. The first-order valence-electron chi connectivity index (χ1n) is 5.70. The Balaban J connectivity index is 2.16. The largest absolute Gasteiger partial charge is 0.480 e. The van der Waals surface area contributed by atoms with E-state index in [1.54, 1.807) is 28.8 Å². The van der Waals surface area contributed by atoms with Crippen molar-refractivity contribution in [3.8, 4) is 0 Å². The number of fused-ring (bicyclic) bond motifs is 1. The lowest BCUT2D eigenvalue weighted by Crippen LogP contribution is -2.41. The molecule has 2 aromatic heterocycles. The summed E-state index contributed by atoms with van der Waals surface area (Å²) in [6.45, 7) is -0.317. The highest BCUT2D eigenvalue weighted by Gasteiger charge is 2.21. The number of aliphatic hydroxyl groups is 1. The van der Waals surface area contributed by atoms with Crippen LogP contribution in [0.5, 0.6) is 0 Å². The molecule has 0 radical (unpaired) electrons. The zero-order valence-corrected chi connectivity index (χ0v) is 9.98. The number of nitrogens with one attached hydrogen (secondary N) is 1. The van der Waals surface area contributed by atoms with E-state index < -0.39 is 17.9 Å². The quantitative estimate of drug-likeness (QED) is 0.698. The van der Waals surface area contributed by atoms with Crippen LogP contribution in [0.2, 0.25) is 0 Å². The lowest BCUT2D eigenvalue weighted by Gasteiger charge is -2.11. The fraction of sp³-hybridized carbons (Fsp3) is 0.250. The van der Waals surface area contributed by atoms with E-state index in [1.165, 1.54) is 6.20 Å². The predicted molar refractivity (Wildman–Crippen MR) is 65.8 cm³/mol. The van der Waals surface area contributed by atoms with E-state index >= 15 is 0 Å². The van der Waals surface area contributed by atoms with Crippen LogP contribution < -0.4 is 5.32 Å². The average molecular weight is 263 g/mol. The number of hydrogen-bond acceptors (Lipinski definition) is 4. The molecule has 0 aliphatic rings. The standard InChI is InChI=1S/C12H13N3O4/c16-6-4-8(12(18)19)14-11(17)9-7-15-5-2-1-3-10(15)13-9/h1-3,5,7-8,16H,4,6H2,(H,14,17)(H,18,19)/t8-/m1/s1. The Morgan fingerprint density at radius 1 is 1.42 bits per heavy atom. The number of carbonyl (C=O) groups excluding carboxylic acids is 1. The van der Waals surface area contributed by atoms with E-state index in [-0.39, 0.29) is 18.7 Å². The van der Waals surface area contributed by atoms with E-state index in [4.69, 9.17) is 10.2 Å². The summed E-state index contributed by atoms with van der Waals surface area (Å²) < 4.78 is 1.66. The highest BCUT2D eigenvalue weighted by Crippen LogP contribution is 2.05. The summed E-state index contributed by atoms with van der Waals surface area (Å²) in [5.41, 5.74) is 0.733. The SMILES string of the molecule is O=C(N[C@H](CCO)C(=O)O)c1cn2ccccc2n1. The lowest BCUT2D eigenvalue weighted by molar-refractivity contribution is -0.139. The van der Waals surface area contributed by atoms with Crippen LogP contribution in [0.15, 0.2) is 30.6 Å². The van der Waals surface area contributed by atoms with Crippen molar-refractivity contribution in [2.45, 2.75) is 12.5 Å². The Bertz CT molecular complexity index is 575. The summed E-state index contributed by atoms with van der Waals surface area (Å²) in [7, 11) is 0. The third-order valence-corrected chi connectivity index (χ3v) is 2.62. The molecule has 3 N–H and O–H groups in total. The van der Waals surface area contributed by atoms with Crippen LogP contribution in [0.3, 0.4) is 0 Å². The van der Waals surface area contributed by atoms with Gasteiger partial charge in [0.15, 0.2) is 0 Å². The van der Waals surface area contributed by atoms with E-state index in [1.807, 2.05) is 0 Å². The average Bonchev–Trinajstić information content (AvgIpc) is 2.81. The van der Waals surface area contributed by atoms with Gasteiger partial charge < -0.3 is 19.9 Å². The molecule has 2 aromatic rings. The van der Waals surface area contributed by atoms with Crippen molar-refractivity contribution in [3.05, 3.63) is 36.3 Å². The normalized spacial score (nSPS) is 12.3. The van der Waals surface area contributed by atoms with E-state index in [2.05, 4.69) is 10.3 Å². The third-order valence-electron chi connectivity index (χ3n) is 2.62. The number of hydrogen-bond donors (Lipinski definition) is 3. The Kier molecular flexibility index (Phi) is 3.76. The van der Waals surface area contributed by atoms with Crippen molar-refractivity contribution in [1.29, 1.82) is 0 Å². The zero-order chi connectivity index (χ0) is 13.8. The van der Waals surface area contributed by atoms with Crippen molar-refractivity contribution in [2.24, 2.45) is 0 Å². The maximum absolute atomic E-state index is 11.9.